The van der Waals surface area contributed by atoms with Gasteiger partial charge in [0.1, 0.15) is 5.82 Å². The largest absolute Gasteiger partial charge is 0.352 e. The maximum atomic E-state index is 11.5. The summed E-state index contributed by atoms with van der Waals surface area (Å²) < 4.78 is 1.95. The lowest BCUT2D eigenvalue weighted by molar-refractivity contribution is -0.116. The molecule has 0 unspecified atom stereocenters. The number of hydrogen-bond acceptors (Lipinski definition) is 3. The SMILES string of the molecule is Cn1ccnc1CCNC(=O)/C=C/c1ccsc1. The van der Waals surface area contributed by atoms with E-state index in [1.807, 2.05) is 40.7 Å². The molecule has 0 fully saturated rings. The maximum absolute atomic E-state index is 11.5. The predicted octanol–water partition coefficient (Wildman–Crippen LogP) is 1.85. The first kappa shape index (κ1) is 12.6. The number of hydrogen-bond donors (Lipinski definition) is 1. The van der Waals surface area contributed by atoms with Crippen molar-refractivity contribution in [3.8, 4) is 0 Å². The molecule has 0 aliphatic rings. The molecule has 0 saturated carbocycles. The molecule has 4 nitrogen and oxygen atoms in total. The van der Waals surface area contributed by atoms with Gasteiger partial charge in [0.2, 0.25) is 5.91 Å². The molecule has 0 spiro atoms. The molecule has 1 amide bonds. The van der Waals surface area contributed by atoms with Crippen molar-refractivity contribution in [3.05, 3.63) is 46.7 Å². The monoisotopic (exact) mass is 261 g/mol. The van der Waals surface area contributed by atoms with E-state index in [-0.39, 0.29) is 5.91 Å². The fraction of sp³-hybridized carbons (Fsp3) is 0.231. The van der Waals surface area contributed by atoms with Gasteiger partial charge in [-0.2, -0.15) is 11.3 Å². The first-order valence-electron chi connectivity index (χ1n) is 5.70. The smallest absolute Gasteiger partial charge is 0.244 e. The molecule has 18 heavy (non-hydrogen) atoms. The Morgan fingerprint density at radius 2 is 2.50 bits per heavy atom. The van der Waals surface area contributed by atoms with E-state index in [1.165, 1.54) is 0 Å². The molecule has 1 N–H and O–H groups in total. The summed E-state index contributed by atoms with van der Waals surface area (Å²) >= 11 is 1.61. The van der Waals surface area contributed by atoms with Gasteiger partial charge >= 0.3 is 0 Å². The second kappa shape index (κ2) is 6.16. The molecule has 2 rings (SSSR count). The number of carbonyl (C=O) groups excluding carboxylic acids is 1. The van der Waals surface area contributed by atoms with Crippen LogP contribution in [0.5, 0.6) is 0 Å². The van der Waals surface area contributed by atoms with Crippen molar-refractivity contribution < 1.29 is 4.79 Å². The molecule has 0 saturated heterocycles. The number of aromatic nitrogens is 2. The Kier molecular flexibility index (Phi) is 4.30. The zero-order chi connectivity index (χ0) is 12.8. The number of thiophene rings is 1. The van der Waals surface area contributed by atoms with Crippen LogP contribution in [-0.2, 0) is 18.3 Å². The second-order valence-corrected chi connectivity index (χ2v) is 4.67. The Bertz CT molecular complexity index is 528. The minimum atomic E-state index is -0.0737. The minimum Gasteiger partial charge on any atom is -0.352 e. The standard InChI is InChI=1S/C13H15N3OS/c1-16-8-7-14-12(16)4-6-15-13(17)3-2-11-5-9-18-10-11/h2-3,5,7-10H,4,6H2,1H3,(H,15,17)/b3-2+. The van der Waals surface area contributed by atoms with E-state index in [9.17, 15) is 4.79 Å². The summed E-state index contributed by atoms with van der Waals surface area (Å²) in [4.78, 5) is 15.7. The van der Waals surface area contributed by atoms with Crippen LogP contribution >= 0.6 is 11.3 Å². The average Bonchev–Trinajstić information content (AvgIpc) is 2.99. The van der Waals surface area contributed by atoms with Crippen LogP contribution in [0.25, 0.3) is 6.08 Å². The summed E-state index contributed by atoms with van der Waals surface area (Å²) in [6.07, 6.45) is 7.76. The Balaban J connectivity index is 1.74. The zero-order valence-electron chi connectivity index (χ0n) is 10.2. The van der Waals surface area contributed by atoms with Gasteiger partial charge in [-0.15, -0.1) is 0 Å². The van der Waals surface area contributed by atoms with Crippen LogP contribution < -0.4 is 5.32 Å². The fourth-order valence-corrected chi connectivity index (χ4v) is 2.16. The van der Waals surface area contributed by atoms with Crippen LogP contribution in [0.1, 0.15) is 11.4 Å². The van der Waals surface area contributed by atoms with E-state index in [4.69, 9.17) is 0 Å². The lowest BCUT2D eigenvalue weighted by Gasteiger charge is -2.02. The van der Waals surface area contributed by atoms with E-state index in [0.717, 1.165) is 17.8 Å². The highest BCUT2D eigenvalue weighted by Crippen LogP contribution is 2.07. The molecule has 0 aliphatic heterocycles. The van der Waals surface area contributed by atoms with Gasteiger partial charge in [-0.1, -0.05) is 0 Å². The third-order valence-electron chi connectivity index (χ3n) is 2.54. The summed E-state index contributed by atoms with van der Waals surface area (Å²) in [5.74, 6) is 0.896. The zero-order valence-corrected chi connectivity index (χ0v) is 11.0. The van der Waals surface area contributed by atoms with Crippen molar-refractivity contribution >= 4 is 23.3 Å². The lowest BCUT2D eigenvalue weighted by atomic mass is 10.3. The summed E-state index contributed by atoms with van der Waals surface area (Å²) in [7, 11) is 1.95. The van der Waals surface area contributed by atoms with Crippen molar-refractivity contribution in [3.63, 3.8) is 0 Å². The number of amides is 1. The lowest BCUT2D eigenvalue weighted by Crippen LogP contribution is -2.24. The van der Waals surface area contributed by atoms with Crippen LogP contribution in [0.15, 0.2) is 35.3 Å². The molecule has 0 bridgehead atoms. The van der Waals surface area contributed by atoms with Gasteiger partial charge in [0.25, 0.3) is 0 Å². The fourth-order valence-electron chi connectivity index (χ4n) is 1.54. The quantitative estimate of drug-likeness (QED) is 0.835. The van der Waals surface area contributed by atoms with Crippen LogP contribution in [0, 0.1) is 0 Å². The van der Waals surface area contributed by atoms with E-state index >= 15 is 0 Å². The van der Waals surface area contributed by atoms with Gasteiger partial charge in [0.15, 0.2) is 0 Å². The summed E-state index contributed by atoms with van der Waals surface area (Å²) in [6, 6.07) is 1.97. The Hall–Kier alpha value is -1.88. The molecule has 0 aromatic carbocycles. The third kappa shape index (κ3) is 3.56. The Labute approximate surface area is 110 Å². The van der Waals surface area contributed by atoms with Gasteiger partial charge in [-0.05, 0) is 28.5 Å². The highest BCUT2D eigenvalue weighted by atomic mass is 32.1. The van der Waals surface area contributed by atoms with Crippen molar-refractivity contribution in [2.75, 3.05) is 6.54 Å². The van der Waals surface area contributed by atoms with E-state index in [1.54, 1.807) is 23.6 Å². The van der Waals surface area contributed by atoms with Crippen LogP contribution in [0.4, 0.5) is 0 Å². The number of rotatable bonds is 5. The molecule has 2 heterocycles. The topological polar surface area (TPSA) is 46.9 Å². The molecular weight excluding hydrogens is 246 g/mol. The van der Waals surface area contributed by atoms with Gasteiger partial charge in [-0.25, -0.2) is 4.98 Å². The van der Waals surface area contributed by atoms with E-state index in [0.29, 0.717) is 6.54 Å². The average molecular weight is 261 g/mol. The summed E-state index contributed by atoms with van der Waals surface area (Å²) in [5.41, 5.74) is 1.05. The number of carbonyl (C=O) groups is 1. The molecule has 0 atom stereocenters. The second-order valence-electron chi connectivity index (χ2n) is 3.89. The number of aryl methyl sites for hydroxylation is 1. The number of nitrogens with zero attached hydrogens (tertiary/aromatic N) is 2. The Morgan fingerprint density at radius 3 is 3.17 bits per heavy atom. The van der Waals surface area contributed by atoms with E-state index < -0.39 is 0 Å². The molecular formula is C13H15N3OS. The van der Waals surface area contributed by atoms with Crippen molar-refractivity contribution in [2.45, 2.75) is 6.42 Å². The normalized spacial score (nSPS) is 10.9. The first-order valence-corrected chi connectivity index (χ1v) is 6.64. The van der Waals surface area contributed by atoms with E-state index in [2.05, 4.69) is 10.3 Å². The first-order chi connectivity index (χ1) is 8.75. The van der Waals surface area contributed by atoms with Crippen molar-refractivity contribution in [1.82, 2.24) is 14.9 Å². The highest BCUT2D eigenvalue weighted by Gasteiger charge is 2.00. The predicted molar refractivity (Wildman–Crippen MR) is 73.3 cm³/mol. The van der Waals surface area contributed by atoms with Gasteiger partial charge in [0.05, 0.1) is 0 Å². The molecule has 2 aromatic rings. The van der Waals surface area contributed by atoms with Gasteiger partial charge < -0.3 is 9.88 Å². The highest BCUT2D eigenvalue weighted by molar-refractivity contribution is 7.08. The summed E-state index contributed by atoms with van der Waals surface area (Å²) in [6.45, 7) is 0.595. The third-order valence-corrected chi connectivity index (χ3v) is 3.24. The maximum Gasteiger partial charge on any atom is 0.244 e. The van der Waals surface area contributed by atoms with Crippen LogP contribution in [0.2, 0.25) is 0 Å². The van der Waals surface area contributed by atoms with Crippen LogP contribution in [0.3, 0.4) is 0 Å². The number of imidazole rings is 1. The summed E-state index contributed by atoms with van der Waals surface area (Å²) in [5, 5.41) is 6.82. The molecule has 94 valence electrons. The Morgan fingerprint density at radius 1 is 1.61 bits per heavy atom. The molecule has 2 aromatic heterocycles. The van der Waals surface area contributed by atoms with Crippen LogP contribution in [-0.4, -0.2) is 22.0 Å². The molecule has 0 radical (unpaired) electrons. The molecule has 0 aliphatic carbocycles. The minimum absolute atomic E-state index is 0.0737. The number of nitrogens with one attached hydrogen (secondary N) is 1. The van der Waals surface area contributed by atoms with Gasteiger partial charge in [0, 0.05) is 38.5 Å². The van der Waals surface area contributed by atoms with Crippen molar-refractivity contribution in [2.24, 2.45) is 7.05 Å². The van der Waals surface area contributed by atoms with Gasteiger partial charge in [-0.3, -0.25) is 4.79 Å². The van der Waals surface area contributed by atoms with Crippen molar-refractivity contribution in [1.29, 1.82) is 0 Å². The molecule has 5 heteroatoms.